The average Bonchev–Trinajstić information content (AvgIpc) is 2.48. The SMILES string of the molecule is O=C(C[n+]1ccc2cc(S)ccc2c1)c1ccccc1. The summed E-state index contributed by atoms with van der Waals surface area (Å²) in [6.07, 6.45) is 3.92. The molecule has 0 fully saturated rings. The number of rotatable bonds is 3. The van der Waals surface area contributed by atoms with Crippen molar-refractivity contribution in [3.8, 4) is 0 Å². The van der Waals surface area contributed by atoms with E-state index in [1.165, 1.54) is 0 Å². The lowest BCUT2D eigenvalue weighted by atomic mass is 10.1. The van der Waals surface area contributed by atoms with Crippen molar-refractivity contribution in [1.82, 2.24) is 0 Å². The number of pyridine rings is 1. The molecule has 0 amide bonds. The minimum absolute atomic E-state index is 0.112. The molecular formula is C17H14NOS+. The van der Waals surface area contributed by atoms with Crippen molar-refractivity contribution in [3.63, 3.8) is 0 Å². The fourth-order valence-electron chi connectivity index (χ4n) is 2.20. The number of nitrogens with zero attached hydrogens (tertiary/aromatic N) is 1. The summed E-state index contributed by atoms with van der Waals surface area (Å²) in [4.78, 5) is 13.1. The van der Waals surface area contributed by atoms with E-state index in [1.54, 1.807) is 0 Å². The molecule has 0 aliphatic rings. The van der Waals surface area contributed by atoms with Crippen LogP contribution in [0, 0.1) is 0 Å². The lowest BCUT2D eigenvalue weighted by molar-refractivity contribution is -0.681. The number of ketones is 1. The highest BCUT2D eigenvalue weighted by atomic mass is 32.1. The monoisotopic (exact) mass is 280 g/mol. The third-order valence-electron chi connectivity index (χ3n) is 3.24. The Bertz CT molecular complexity index is 768. The summed E-state index contributed by atoms with van der Waals surface area (Å²) >= 11 is 4.33. The Morgan fingerprint density at radius 1 is 1.00 bits per heavy atom. The summed E-state index contributed by atoms with van der Waals surface area (Å²) in [7, 11) is 0. The van der Waals surface area contributed by atoms with Crippen LogP contribution < -0.4 is 4.57 Å². The van der Waals surface area contributed by atoms with Gasteiger partial charge in [0.15, 0.2) is 12.4 Å². The fourth-order valence-corrected chi connectivity index (χ4v) is 2.41. The molecule has 2 nitrogen and oxygen atoms in total. The highest BCUT2D eigenvalue weighted by Gasteiger charge is 2.12. The Labute approximate surface area is 123 Å². The van der Waals surface area contributed by atoms with Crippen molar-refractivity contribution < 1.29 is 9.36 Å². The third kappa shape index (κ3) is 2.73. The highest BCUT2D eigenvalue weighted by Crippen LogP contribution is 2.16. The van der Waals surface area contributed by atoms with Gasteiger partial charge in [0.1, 0.15) is 0 Å². The number of thiol groups is 1. The van der Waals surface area contributed by atoms with Gasteiger partial charge in [0.05, 0.1) is 0 Å². The number of hydrogen-bond acceptors (Lipinski definition) is 2. The highest BCUT2D eigenvalue weighted by molar-refractivity contribution is 7.80. The molecule has 1 heterocycles. The van der Waals surface area contributed by atoms with Crippen molar-refractivity contribution in [2.45, 2.75) is 11.4 Å². The number of carbonyl (C=O) groups excluding carboxylic acids is 1. The number of hydrogen-bond donors (Lipinski definition) is 1. The van der Waals surface area contributed by atoms with Gasteiger partial charge in [-0.2, -0.15) is 4.57 Å². The molecule has 0 aliphatic carbocycles. The van der Waals surface area contributed by atoms with Crippen LogP contribution >= 0.6 is 12.6 Å². The maximum Gasteiger partial charge on any atom is 0.227 e. The summed E-state index contributed by atoms with van der Waals surface area (Å²) in [5, 5.41) is 2.23. The van der Waals surface area contributed by atoms with Gasteiger partial charge in [0, 0.05) is 21.9 Å². The second kappa shape index (κ2) is 5.47. The van der Waals surface area contributed by atoms with E-state index in [2.05, 4.69) is 12.6 Å². The van der Waals surface area contributed by atoms with E-state index < -0.39 is 0 Å². The molecule has 3 aromatic rings. The fraction of sp³-hybridized carbons (Fsp3) is 0.0588. The van der Waals surface area contributed by atoms with E-state index in [9.17, 15) is 4.79 Å². The molecule has 98 valence electrons. The predicted molar refractivity (Wildman–Crippen MR) is 82.2 cm³/mol. The normalized spacial score (nSPS) is 10.7. The minimum Gasteiger partial charge on any atom is -0.287 e. The first-order valence-corrected chi connectivity index (χ1v) is 6.87. The molecule has 0 N–H and O–H groups in total. The number of Topliss-reactive ketones (excluding diaryl/α,β-unsaturated/α-hetero) is 1. The van der Waals surface area contributed by atoms with E-state index >= 15 is 0 Å². The molecular weight excluding hydrogens is 266 g/mol. The van der Waals surface area contributed by atoms with E-state index in [1.807, 2.05) is 71.6 Å². The summed E-state index contributed by atoms with van der Waals surface area (Å²) in [5.41, 5.74) is 0.741. The molecule has 0 unspecified atom stereocenters. The lowest BCUT2D eigenvalue weighted by Gasteiger charge is -2.00. The van der Waals surface area contributed by atoms with Crippen LogP contribution in [0.15, 0.2) is 71.9 Å². The van der Waals surface area contributed by atoms with Crippen LogP contribution in [0.4, 0.5) is 0 Å². The Balaban J connectivity index is 1.88. The van der Waals surface area contributed by atoms with Crippen LogP contribution in [0.2, 0.25) is 0 Å². The van der Waals surface area contributed by atoms with Gasteiger partial charge in [-0.1, -0.05) is 30.3 Å². The number of carbonyl (C=O) groups is 1. The van der Waals surface area contributed by atoms with Crippen molar-refractivity contribution in [2.24, 2.45) is 0 Å². The van der Waals surface area contributed by atoms with Gasteiger partial charge in [-0.05, 0) is 23.6 Å². The largest absolute Gasteiger partial charge is 0.287 e. The van der Waals surface area contributed by atoms with Gasteiger partial charge in [0.2, 0.25) is 12.3 Å². The Morgan fingerprint density at radius 2 is 1.80 bits per heavy atom. The quantitative estimate of drug-likeness (QED) is 0.443. The molecule has 20 heavy (non-hydrogen) atoms. The number of fused-ring (bicyclic) bond motifs is 1. The average molecular weight is 280 g/mol. The topological polar surface area (TPSA) is 20.9 Å². The number of aromatic nitrogens is 1. The molecule has 3 rings (SSSR count). The van der Waals surface area contributed by atoms with E-state index in [0.717, 1.165) is 21.2 Å². The molecule has 0 atom stereocenters. The molecule has 3 heteroatoms. The Hall–Kier alpha value is -2.13. The van der Waals surface area contributed by atoms with Crippen LogP contribution in [0.25, 0.3) is 10.8 Å². The van der Waals surface area contributed by atoms with E-state index in [4.69, 9.17) is 0 Å². The van der Waals surface area contributed by atoms with Crippen LogP contribution in [-0.4, -0.2) is 5.78 Å². The number of benzene rings is 2. The van der Waals surface area contributed by atoms with Gasteiger partial charge < -0.3 is 0 Å². The molecule has 0 aliphatic heterocycles. The van der Waals surface area contributed by atoms with Gasteiger partial charge in [-0.25, -0.2) is 0 Å². The second-order valence-corrected chi connectivity index (χ2v) is 5.24. The summed E-state index contributed by atoms with van der Waals surface area (Å²) in [5.74, 6) is 0.112. The molecule has 0 radical (unpaired) electrons. The zero-order chi connectivity index (χ0) is 13.9. The zero-order valence-corrected chi connectivity index (χ0v) is 11.8. The minimum atomic E-state index is 0.112. The first-order chi connectivity index (χ1) is 9.72. The van der Waals surface area contributed by atoms with E-state index in [0.29, 0.717) is 6.54 Å². The summed E-state index contributed by atoms with van der Waals surface area (Å²) in [6, 6.07) is 17.4. The maximum atomic E-state index is 12.2. The van der Waals surface area contributed by atoms with Crippen molar-refractivity contribution in [2.75, 3.05) is 0 Å². The summed E-state index contributed by atoms with van der Waals surface area (Å²) in [6.45, 7) is 0.350. The predicted octanol–water partition coefficient (Wildman–Crippen LogP) is 3.30. The lowest BCUT2D eigenvalue weighted by Crippen LogP contribution is -2.37. The molecule has 0 bridgehead atoms. The van der Waals surface area contributed by atoms with Crippen molar-refractivity contribution in [1.29, 1.82) is 0 Å². The van der Waals surface area contributed by atoms with Crippen LogP contribution in [0.3, 0.4) is 0 Å². The molecule has 2 aromatic carbocycles. The van der Waals surface area contributed by atoms with Crippen molar-refractivity contribution >= 4 is 29.2 Å². The van der Waals surface area contributed by atoms with Crippen LogP contribution in [-0.2, 0) is 6.54 Å². The second-order valence-electron chi connectivity index (χ2n) is 4.72. The Kier molecular flexibility index (Phi) is 3.52. The van der Waals surface area contributed by atoms with Gasteiger partial charge in [0.25, 0.3) is 0 Å². The maximum absolute atomic E-state index is 12.2. The first-order valence-electron chi connectivity index (χ1n) is 6.42. The molecule has 0 saturated carbocycles. The summed E-state index contributed by atoms with van der Waals surface area (Å²) < 4.78 is 1.91. The standard InChI is InChI=1S/C17H13NOS/c19-17(13-4-2-1-3-5-13)12-18-9-8-14-10-16(20)7-6-15(14)11-18/h1-11H,12H2/p+1. The van der Waals surface area contributed by atoms with Gasteiger partial charge >= 0.3 is 0 Å². The molecule has 1 aromatic heterocycles. The Morgan fingerprint density at radius 3 is 2.60 bits per heavy atom. The van der Waals surface area contributed by atoms with Gasteiger partial charge in [-0.3, -0.25) is 4.79 Å². The first kappa shape index (κ1) is 12.9. The molecule has 0 spiro atoms. The smallest absolute Gasteiger partial charge is 0.227 e. The van der Waals surface area contributed by atoms with Gasteiger partial charge in [-0.15, -0.1) is 12.6 Å². The van der Waals surface area contributed by atoms with Crippen LogP contribution in [0.1, 0.15) is 10.4 Å². The third-order valence-corrected chi connectivity index (χ3v) is 3.52. The van der Waals surface area contributed by atoms with E-state index in [-0.39, 0.29) is 5.78 Å². The molecule has 0 saturated heterocycles. The zero-order valence-electron chi connectivity index (χ0n) is 10.9. The van der Waals surface area contributed by atoms with Crippen molar-refractivity contribution in [3.05, 3.63) is 72.6 Å². The van der Waals surface area contributed by atoms with Crippen LogP contribution in [0.5, 0.6) is 0 Å².